The van der Waals surface area contributed by atoms with Crippen LogP contribution in [0.3, 0.4) is 0 Å². The van der Waals surface area contributed by atoms with Crippen molar-refractivity contribution in [2.75, 3.05) is 44.7 Å². The van der Waals surface area contributed by atoms with Gasteiger partial charge in [0.1, 0.15) is 11.3 Å². The number of aromatic amines is 1. The van der Waals surface area contributed by atoms with Crippen molar-refractivity contribution < 1.29 is 0 Å². The molecule has 2 aliphatic heterocycles. The highest BCUT2D eigenvalue weighted by Gasteiger charge is 2.21. The number of nitrogens with one attached hydrogen (secondary N) is 2. The Kier molecular flexibility index (Phi) is 3.76. The third-order valence-corrected chi connectivity index (χ3v) is 4.99. The fraction of sp³-hybridized carbons (Fsp3) is 0.588. The van der Waals surface area contributed by atoms with Crippen molar-refractivity contribution in [1.29, 1.82) is 0 Å². The second kappa shape index (κ2) is 5.89. The van der Waals surface area contributed by atoms with Gasteiger partial charge in [-0.1, -0.05) is 12.5 Å². The van der Waals surface area contributed by atoms with E-state index in [9.17, 15) is 0 Å². The second-order valence-electron chi connectivity index (χ2n) is 6.59. The molecule has 0 amide bonds. The monoisotopic (exact) mass is 299 g/mol. The summed E-state index contributed by atoms with van der Waals surface area (Å²) in [4.78, 5) is 13.4. The molecule has 4 rings (SSSR count). The Balaban J connectivity index is 1.65. The van der Waals surface area contributed by atoms with E-state index in [-0.39, 0.29) is 0 Å². The average molecular weight is 299 g/mol. The first-order valence-corrected chi connectivity index (χ1v) is 8.47. The van der Waals surface area contributed by atoms with Gasteiger partial charge in [-0.3, -0.25) is 0 Å². The summed E-state index contributed by atoms with van der Waals surface area (Å²) in [5, 5.41) is 3.59. The molecule has 2 aliphatic rings. The summed E-state index contributed by atoms with van der Waals surface area (Å²) in [6, 6.07) is 6.90. The normalized spacial score (nSPS) is 24.0. The van der Waals surface area contributed by atoms with Crippen LogP contribution in [-0.4, -0.2) is 54.6 Å². The molecule has 22 heavy (non-hydrogen) atoms. The molecule has 2 fully saturated rings. The van der Waals surface area contributed by atoms with E-state index in [0.717, 1.165) is 44.1 Å². The number of anilines is 1. The largest absolute Gasteiger partial charge is 0.367 e. The number of piperazine rings is 1. The molecule has 0 radical (unpaired) electrons. The Bertz CT molecular complexity index is 636. The van der Waals surface area contributed by atoms with Gasteiger partial charge in [-0.25, -0.2) is 4.98 Å². The molecule has 0 spiro atoms. The number of nitrogens with zero attached hydrogens (tertiary/aromatic N) is 3. The SMILES string of the molecule is CN1CCN(c2cccc3[nH]c(C4CCCCN4)nc23)CC1. The lowest BCUT2D eigenvalue weighted by Crippen LogP contribution is -2.44. The van der Waals surface area contributed by atoms with Gasteiger partial charge in [-0.05, 0) is 38.6 Å². The van der Waals surface area contributed by atoms with Crippen molar-refractivity contribution in [2.45, 2.75) is 25.3 Å². The highest BCUT2D eigenvalue weighted by molar-refractivity contribution is 5.89. The van der Waals surface area contributed by atoms with E-state index in [2.05, 4.69) is 45.3 Å². The minimum atomic E-state index is 0.390. The van der Waals surface area contributed by atoms with Gasteiger partial charge in [0, 0.05) is 26.2 Å². The van der Waals surface area contributed by atoms with Crippen molar-refractivity contribution in [1.82, 2.24) is 20.2 Å². The zero-order valence-electron chi connectivity index (χ0n) is 13.3. The minimum absolute atomic E-state index is 0.390. The number of likely N-dealkylation sites (N-methyl/N-ethyl adjacent to an activating group) is 1. The number of aromatic nitrogens is 2. The maximum Gasteiger partial charge on any atom is 0.124 e. The van der Waals surface area contributed by atoms with Gasteiger partial charge in [-0.2, -0.15) is 0 Å². The lowest BCUT2D eigenvalue weighted by molar-refractivity contribution is 0.313. The van der Waals surface area contributed by atoms with Crippen LogP contribution in [0.15, 0.2) is 18.2 Å². The number of hydrogen-bond acceptors (Lipinski definition) is 4. The van der Waals surface area contributed by atoms with E-state index in [0.29, 0.717) is 6.04 Å². The summed E-state index contributed by atoms with van der Waals surface area (Å²) in [6.07, 6.45) is 3.76. The van der Waals surface area contributed by atoms with Crippen LogP contribution in [0, 0.1) is 0 Å². The number of imidazole rings is 1. The summed E-state index contributed by atoms with van der Waals surface area (Å²) in [6.45, 7) is 5.52. The van der Waals surface area contributed by atoms with Gasteiger partial charge < -0.3 is 20.1 Å². The maximum atomic E-state index is 4.96. The van der Waals surface area contributed by atoms with E-state index < -0.39 is 0 Å². The standard InChI is InChI=1S/C17H25N5/c1-21-9-11-22(12-10-21)15-7-4-6-13-16(15)20-17(19-13)14-5-2-3-8-18-14/h4,6-7,14,18H,2-3,5,8-12H2,1H3,(H,19,20). The molecule has 0 aliphatic carbocycles. The lowest BCUT2D eigenvalue weighted by atomic mass is 10.0. The lowest BCUT2D eigenvalue weighted by Gasteiger charge is -2.34. The predicted molar refractivity (Wildman–Crippen MR) is 90.4 cm³/mol. The minimum Gasteiger partial charge on any atom is -0.367 e. The Morgan fingerprint density at radius 1 is 1.14 bits per heavy atom. The molecule has 0 bridgehead atoms. The van der Waals surface area contributed by atoms with Crippen LogP contribution in [0.25, 0.3) is 11.0 Å². The van der Waals surface area contributed by atoms with E-state index in [1.807, 2.05) is 0 Å². The molecule has 2 saturated heterocycles. The number of fused-ring (bicyclic) bond motifs is 1. The molecule has 3 heterocycles. The van der Waals surface area contributed by atoms with Crippen molar-refractivity contribution in [3.05, 3.63) is 24.0 Å². The summed E-state index contributed by atoms with van der Waals surface area (Å²) in [5.41, 5.74) is 3.58. The van der Waals surface area contributed by atoms with Gasteiger partial charge in [-0.15, -0.1) is 0 Å². The van der Waals surface area contributed by atoms with Crippen molar-refractivity contribution in [3.63, 3.8) is 0 Å². The quantitative estimate of drug-likeness (QED) is 0.892. The zero-order chi connectivity index (χ0) is 14.9. The first-order chi connectivity index (χ1) is 10.8. The fourth-order valence-corrected chi connectivity index (χ4v) is 3.59. The number of piperidine rings is 1. The number of benzene rings is 1. The van der Waals surface area contributed by atoms with Gasteiger partial charge in [0.25, 0.3) is 0 Å². The summed E-state index contributed by atoms with van der Waals surface area (Å²) in [7, 11) is 2.19. The van der Waals surface area contributed by atoms with Crippen LogP contribution in [0.2, 0.25) is 0 Å². The predicted octanol–water partition coefficient (Wildman–Crippen LogP) is 2.13. The Morgan fingerprint density at radius 3 is 2.77 bits per heavy atom. The Morgan fingerprint density at radius 2 is 2.00 bits per heavy atom. The van der Waals surface area contributed by atoms with E-state index >= 15 is 0 Å². The first-order valence-electron chi connectivity index (χ1n) is 8.47. The van der Waals surface area contributed by atoms with Crippen LogP contribution >= 0.6 is 0 Å². The van der Waals surface area contributed by atoms with Gasteiger partial charge in [0.05, 0.1) is 17.2 Å². The van der Waals surface area contributed by atoms with Gasteiger partial charge in [0.2, 0.25) is 0 Å². The van der Waals surface area contributed by atoms with E-state index in [1.54, 1.807) is 0 Å². The molecule has 1 unspecified atom stereocenters. The molecule has 5 nitrogen and oxygen atoms in total. The molecule has 1 aromatic heterocycles. The molecule has 2 N–H and O–H groups in total. The van der Waals surface area contributed by atoms with Crippen molar-refractivity contribution in [2.24, 2.45) is 0 Å². The third-order valence-electron chi connectivity index (χ3n) is 4.99. The van der Waals surface area contributed by atoms with Crippen molar-refractivity contribution in [3.8, 4) is 0 Å². The second-order valence-corrected chi connectivity index (χ2v) is 6.59. The van der Waals surface area contributed by atoms with Gasteiger partial charge in [0.15, 0.2) is 0 Å². The molecule has 1 aromatic carbocycles. The van der Waals surface area contributed by atoms with Crippen LogP contribution in [0.5, 0.6) is 0 Å². The fourth-order valence-electron chi connectivity index (χ4n) is 3.59. The number of hydrogen-bond donors (Lipinski definition) is 2. The third kappa shape index (κ3) is 2.59. The van der Waals surface area contributed by atoms with Crippen LogP contribution < -0.4 is 10.2 Å². The van der Waals surface area contributed by atoms with Crippen LogP contribution in [-0.2, 0) is 0 Å². The highest BCUT2D eigenvalue weighted by atomic mass is 15.3. The molecule has 118 valence electrons. The molecule has 1 atom stereocenters. The van der Waals surface area contributed by atoms with Crippen molar-refractivity contribution >= 4 is 16.7 Å². The Hall–Kier alpha value is -1.59. The maximum absolute atomic E-state index is 4.96. The zero-order valence-corrected chi connectivity index (χ0v) is 13.3. The summed E-state index contributed by atoms with van der Waals surface area (Å²) in [5.74, 6) is 1.11. The molecular weight excluding hydrogens is 274 g/mol. The van der Waals surface area contributed by atoms with E-state index in [4.69, 9.17) is 4.98 Å². The number of H-pyrrole nitrogens is 1. The van der Waals surface area contributed by atoms with Gasteiger partial charge >= 0.3 is 0 Å². The molecule has 0 saturated carbocycles. The Labute approximate surface area is 131 Å². The summed E-state index contributed by atoms with van der Waals surface area (Å²) < 4.78 is 0. The van der Waals surface area contributed by atoms with Crippen LogP contribution in [0.4, 0.5) is 5.69 Å². The molecule has 2 aromatic rings. The summed E-state index contributed by atoms with van der Waals surface area (Å²) >= 11 is 0. The smallest absolute Gasteiger partial charge is 0.124 e. The van der Waals surface area contributed by atoms with Crippen LogP contribution in [0.1, 0.15) is 31.1 Å². The average Bonchev–Trinajstić information content (AvgIpc) is 3.01. The first kappa shape index (κ1) is 14.0. The van der Waals surface area contributed by atoms with E-state index in [1.165, 1.54) is 30.5 Å². The molecular formula is C17H25N5. The molecule has 5 heteroatoms. The number of rotatable bonds is 2. The highest BCUT2D eigenvalue weighted by Crippen LogP contribution is 2.29. The number of para-hydroxylation sites is 1. The topological polar surface area (TPSA) is 47.2 Å².